The first-order valence-electron chi connectivity index (χ1n) is 9.91. The minimum atomic E-state index is -3.78. The zero-order valence-electron chi connectivity index (χ0n) is 17.3. The summed E-state index contributed by atoms with van der Waals surface area (Å²) in [5, 5.41) is 14.1. The van der Waals surface area contributed by atoms with Gasteiger partial charge >= 0.3 is 0 Å². The van der Waals surface area contributed by atoms with Gasteiger partial charge in [-0.3, -0.25) is 0 Å². The fraction of sp³-hybridized carbons (Fsp3) is 0.286. The largest absolute Gasteiger partial charge is 0.411 e. The number of nitrogens with two attached hydrogens (primary N) is 1. The van der Waals surface area contributed by atoms with E-state index < -0.39 is 10.0 Å². The number of sulfonamides is 1. The predicted octanol–water partition coefficient (Wildman–Crippen LogP) is 4.13. The van der Waals surface area contributed by atoms with Crippen molar-refractivity contribution in [2.24, 2.45) is 5.14 Å². The highest BCUT2D eigenvalue weighted by Gasteiger charge is 2.17. The van der Waals surface area contributed by atoms with E-state index in [4.69, 9.17) is 9.56 Å². The molecular formula is C21H23N5O3S2. The second kappa shape index (κ2) is 8.81. The highest BCUT2D eigenvalue weighted by molar-refractivity contribution is 7.98. The van der Waals surface area contributed by atoms with Crippen LogP contribution in [0.2, 0.25) is 0 Å². The molecule has 2 aromatic carbocycles. The molecule has 4 rings (SSSR count). The van der Waals surface area contributed by atoms with Crippen LogP contribution in [0, 0.1) is 6.92 Å². The van der Waals surface area contributed by atoms with Crippen molar-refractivity contribution in [1.82, 2.24) is 19.7 Å². The number of nitrogens with zero attached hydrogens (tertiary/aromatic N) is 4. The molecule has 0 amide bonds. The number of thioether (sulfide) groups is 1. The van der Waals surface area contributed by atoms with E-state index in [9.17, 15) is 8.42 Å². The highest BCUT2D eigenvalue weighted by atomic mass is 32.2. The SMILES string of the molecule is CCCCn1c(CSc2nnc(-c3ccccc3C)o2)nc2cc(S(N)(=O)=O)ccc21. The second-order valence-electron chi connectivity index (χ2n) is 7.21. The lowest BCUT2D eigenvalue weighted by molar-refractivity contribution is 0.465. The average Bonchev–Trinajstić information content (AvgIpc) is 3.34. The molecule has 0 saturated carbocycles. The van der Waals surface area contributed by atoms with Gasteiger partial charge in [0.05, 0.1) is 21.7 Å². The third kappa shape index (κ3) is 4.65. The van der Waals surface area contributed by atoms with Crippen molar-refractivity contribution < 1.29 is 12.8 Å². The van der Waals surface area contributed by atoms with Crippen LogP contribution in [-0.4, -0.2) is 28.2 Å². The number of primary sulfonamides is 1. The number of unbranched alkanes of at least 4 members (excludes halogenated alkanes) is 1. The number of benzene rings is 2. The number of fused-ring (bicyclic) bond motifs is 1. The van der Waals surface area contributed by atoms with Crippen LogP contribution in [0.15, 0.2) is 57.0 Å². The highest BCUT2D eigenvalue weighted by Crippen LogP contribution is 2.29. The van der Waals surface area contributed by atoms with Gasteiger partial charge in [0.15, 0.2) is 0 Å². The van der Waals surface area contributed by atoms with Crippen LogP contribution in [-0.2, 0) is 22.3 Å². The normalized spacial score (nSPS) is 12.0. The van der Waals surface area contributed by atoms with Crippen molar-refractivity contribution in [3.05, 3.63) is 53.9 Å². The first-order chi connectivity index (χ1) is 14.9. The summed E-state index contributed by atoms with van der Waals surface area (Å²) in [6.45, 7) is 4.91. The molecule has 0 aliphatic rings. The van der Waals surface area contributed by atoms with Gasteiger partial charge in [-0.1, -0.05) is 43.3 Å². The summed E-state index contributed by atoms with van der Waals surface area (Å²) in [5.74, 6) is 1.81. The van der Waals surface area contributed by atoms with Gasteiger partial charge in [0.2, 0.25) is 15.9 Å². The monoisotopic (exact) mass is 457 g/mol. The number of hydrogen-bond acceptors (Lipinski definition) is 7. The molecule has 0 fully saturated rings. The third-order valence-corrected chi connectivity index (χ3v) is 6.69. The minimum absolute atomic E-state index is 0.0547. The smallest absolute Gasteiger partial charge is 0.277 e. The number of hydrogen-bond donors (Lipinski definition) is 1. The van der Waals surface area contributed by atoms with Crippen molar-refractivity contribution in [1.29, 1.82) is 0 Å². The first-order valence-corrected chi connectivity index (χ1v) is 12.4. The fourth-order valence-electron chi connectivity index (χ4n) is 3.33. The molecule has 0 spiro atoms. The zero-order valence-corrected chi connectivity index (χ0v) is 18.9. The molecule has 0 aliphatic heterocycles. The Morgan fingerprint density at radius 3 is 2.71 bits per heavy atom. The molecule has 0 aliphatic carbocycles. The number of aryl methyl sites for hydroxylation is 2. The molecule has 0 saturated heterocycles. The maximum Gasteiger partial charge on any atom is 0.277 e. The van der Waals surface area contributed by atoms with E-state index in [1.165, 1.54) is 23.9 Å². The molecule has 4 aromatic rings. The van der Waals surface area contributed by atoms with Crippen molar-refractivity contribution in [2.45, 2.75) is 49.1 Å². The Balaban J connectivity index is 1.61. The summed E-state index contributed by atoms with van der Waals surface area (Å²) in [7, 11) is -3.78. The van der Waals surface area contributed by atoms with Crippen molar-refractivity contribution in [3.8, 4) is 11.5 Å². The molecular weight excluding hydrogens is 434 g/mol. The predicted molar refractivity (Wildman–Crippen MR) is 120 cm³/mol. The van der Waals surface area contributed by atoms with E-state index in [0.717, 1.165) is 41.9 Å². The van der Waals surface area contributed by atoms with Gasteiger partial charge in [-0.05, 0) is 43.2 Å². The van der Waals surface area contributed by atoms with E-state index in [2.05, 4.69) is 26.7 Å². The Labute approximate surface area is 184 Å². The van der Waals surface area contributed by atoms with Gasteiger partial charge in [-0.15, -0.1) is 10.2 Å². The summed E-state index contributed by atoms with van der Waals surface area (Å²) < 4.78 is 31.4. The molecule has 10 heteroatoms. The van der Waals surface area contributed by atoms with Crippen LogP contribution in [0.5, 0.6) is 0 Å². The van der Waals surface area contributed by atoms with Gasteiger partial charge in [0, 0.05) is 12.1 Å². The number of rotatable bonds is 8. The molecule has 8 nitrogen and oxygen atoms in total. The first kappa shape index (κ1) is 21.5. The summed E-state index contributed by atoms with van der Waals surface area (Å²) >= 11 is 1.40. The summed E-state index contributed by atoms with van der Waals surface area (Å²) in [6.07, 6.45) is 2.02. The van der Waals surface area contributed by atoms with Crippen molar-refractivity contribution in [3.63, 3.8) is 0 Å². The quantitative estimate of drug-likeness (QED) is 0.395. The summed E-state index contributed by atoms with van der Waals surface area (Å²) in [5.41, 5.74) is 3.45. The van der Waals surface area contributed by atoms with E-state index in [1.54, 1.807) is 6.07 Å². The number of imidazole rings is 1. The molecule has 0 atom stereocenters. The lowest BCUT2D eigenvalue weighted by Gasteiger charge is -2.07. The Hall–Kier alpha value is -2.69. The molecule has 2 N–H and O–H groups in total. The molecule has 0 unspecified atom stereocenters. The molecule has 2 aromatic heterocycles. The maximum atomic E-state index is 11.7. The molecule has 162 valence electrons. The van der Waals surface area contributed by atoms with E-state index >= 15 is 0 Å². The maximum absolute atomic E-state index is 11.7. The van der Waals surface area contributed by atoms with Crippen LogP contribution in [0.4, 0.5) is 0 Å². The number of aromatic nitrogens is 4. The lowest BCUT2D eigenvalue weighted by Crippen LogP contribution is -2.11. The minimum Gasteiger partial charge on any atom is -0.411 e. The molecule has 31 heavy (non-hydrogen) atoms. The van der Waals surface area contributed by atoms with Crippen LogP contribution < -0.4 is 5.14 Å². The van der Waals surface area contributed by atoms with Gasteiger partial charge in [-0.2, -0.15) is 0 Å². The fourth-order valence-corrected chi connectivity index (χ4v) is 4.57. The molecule has 2 heterocycles. The Morgan fingerprint density at radius 2 is 1.97 bits per heavy atom. The van der Waals surface area contributed by atoms with E-state index in [-0.39, 0.29) is 4.90 Å². The summed E-state index contributed by atoms with van der Waals surface area (Å²) in [6, 6.07) is 12.6. The van der Waals surface area contributed by atoms with Crippen LogP contribution in [0.3, 0.4) is 0 Å². The van der Waals surface area contributed by atoms with Crippen LogP contribution in [0.25, 0.3) is 22.5 Å². The second-order valence-corrected chi connectivity index (χ2v) is 9.69. The zero-order chi connectivity index (χ0) is 22.0. The standard InChI is InChI=1S/C21H23N5O3S2/c1-3-4-11-26-18-10-9-15(31(22,27)28)12-17(18)23-19(26)13-30-21-25-24-20(29-21)16-8-6-5-7-14(16)2/h5-10,12H,3-4,11,13H2,1-2H3,(H2,22,27,28). The van der Waals surface area contributed by atoms with Gasteiger partial charge in [-0.25, -0.2) is 18.5 Å². The summed E-state index contributed by atoms with van der Waals surface area (Å²) in [4.78, 5) is 4.72. The van der Waals surface area contributed by atoms with Crippen LogP contribution in [0.1, 0.15) is 31.2 Å². The van der Waals surface area contributed by atoms with E-state index in [1.807, 2.05) is 31.2 Å². The van der Waals surface area contributed by atoms with E-state index in [0.29, 0.717) is 22.4 Å². The average molecular weight is 458 g/mol. The Kier molecular flexibility index (Phi) is 6.12. The Morgan fingerprint density at radius 1 is 1.16 bits per heavy atom. The third-order valence-electron chi connectivity index (χ3n) is 4.97. The Bertz CT molecular complexity index is 1330. The van der Waals surface area contributed by atoms with Gasteiger partial charge < -0.3 is 8.98 Å². The topological polar surface area (TPSA) is 117 Å². The van der Waals surface area contributed by atoms with Crippen molar-refractivity contribution in [2.75, 3.05) is 0 Å². The molecule has 0 radical (unpaired) electrons. The lowest BCUT2D eigenvalue weighted by atomic mass is 10.1. The van der Waals surface area contributed by atoms with Gasteiger partial charge in [0.25, 0.3) is 5.22 Å². The molecule has 0 bridgehead atoms. The van der Waals surface area contributed by atoms with Gasteiger partial charge in [0.1, 0.15) is 5.82 Å². The van der Waals surface area contributed by atoms with Crippen LogP contribution >= 0.6 is 11.8 Å². The van der Waals surface area contributed by atoms with Crippen molar-refractivity contribution >= 4 is 32.8 Å².